The number of hydrogen-bond donors (Lipinski definition) is 1. The van der Waals surface area contributed by atoms with Crippen molar-refractivity contribution in [1.29, 1.82) is 0 Å². The van der Waals surface area contributed by atoms with Gasteiger partial charge in [0.25, 0.3) is 0 Å². The Hall–Kier alpha value is -1.56. The number of rotatable bonds is 1. The molecule has 0 bridgehead atoms. The van der Waals surface area contributed by atoms with Gasteiger partial charge in [-0.15, -0.1) is 0 Å². The molecule has 0 saturated carbocycles. The van der Waals surface area contributed by atoms with Crippen LogP contribution in [0.4, 0.5) is 10.5 Å². The Morgan fingerprint density at radius 1 is 1.38 bits per heavy atom. The van der Waals surface area contributed by atoms with Gasteiger partial charge in [-0.3, -0.25) is 0 Å². The predicted molar refractivity (Wildman–Crippen MR) is 57.4 cm³/mol. The molecule has 0 radical (unpaired) electrons. The van der Waals surface area contributed by atoms with Gasteiger partial charge in [0.2, 0.25) is 0 Å². The van der Waals surface area contributed by atoms with Crippen molar-refractivity contribution in [3.05, 3.63) is 11.5 Å². The van der Waals surface area contributed by atoms with Crippen molar-refractivity contribution in [1.82, 2.24) is 10.1 Å². The third kappa shape index (κ3) is 2.16. The summed E-state index contributed by atoms with van der Waals surface area (Å²) in [5.41, 5.74) is 1.36. The Kier molecular flexibility index (Phi) is 3.09. The van der Waals surface area contributed by atoms with Crippen LogP contribution >= 0.6 is 0 Å². The van der Waals surface area contributed by atoms with Gasteiger partial charge >= 0.3 is 6.03 Å². The summed E-state index contributed by atoms with van der Waals surface area (Å²) in [6.45, 7) is 5.99. The Bertz CT molecular complexity index is 363. The molecule has 88 valence electrons. The molecule has 2 heterocycles. The monoisotopic (exact) mass is 225 g/mol. The average Bonchev–Trinajstić information content (AvgIpc) is 2.62. The maximum Gasteiger partial charge on any atom is 0.322 e. The highest BCUT2D eigenvalue weighted by molar-refractivity contribution is 5.90. The molecule has 2 rings (SSSR count). The van der Waals surface area contributed by atoms with Crippen molar-refractivity contribution in [2.45, 2.75) is 13.8 Å². The van der Waals surface area contributed by atoms with Crippen LogP contribution in [-0.2, 0) is 4.74 Å². The quantitative estimate of drug-likeness (QED) is 0.778. The molecular formula is C10H15N3O3. The average molecular weight is 225 g/mol. The number of aromatic nitrogens is 1. The molecule has 0 aliphatic carbocycles. The van der Waals surface area contributed by atoms with E-state index in [4.69, 9.17) is 9.26 Å². The van der Waals surface area contributed by atoms with Crippen molar-refractivity contribution in [3.8, 4) is 0 Å². The molecule has 1 N–H and O–H groups in total. The number of morpholine rings is 1. The fraction of sp³-hybridized carbons (Fsp3) is 0.600. The number of aryl methyl sites for hydroxylation is 2. The summed E-state index contributed by atoms with van der Waals surface area (Å²) in [6, 6.07) is -0.127. The fourth-order valence-corrected chi connectivity index (χ4v) is 1.61. The highest BCUT2D eigenvalue weighted by Crippen LogP contribution is 2.19. The van der Waals surface area contributed by atoms with Crippen LogP contribution in [0.2, 0.25) is 0 Å². The number of carbonyl (C=O) groups is 1. The predicted octanol–water partition coefficient (Wildman–Crippen LogP) is 1.16. The smallest absolute Gasteiger partial charge is 0.322 e. The van der Waals surface area contributed by atoms with E-state index >= 15 is 0 Å². The standard InChI is InChI=1S/C10H15N3O3/c1-7-9(8(2)16-12-7)11-10(14)13-3-5-15-6-4-13/h3-6H2,1-2H3,(H,11,14). The molecule has 1 aliphatic heterocycles. The summed E-state index contributed by atoms with van der Waals surface area (Å²) in [5.74, 6) is 0.624. The number of ether oxygens (including phenoxy) is 1. The first-order valence-corrected chi connectivity index (χ1v) is 5.25. The Labute approximate surface area is 93.5 Å². The summed E-state index contributed by atoms with van der Waals surface area (Å²) in [6.07, 6.45) is 0. The maximum absolute atomic E-state index is 11.9. The van der Waals surface area contributed by atoms with Gasteiger partial charge in [-0.25, -0.2) is 4.79 Å². The minimum Gasteiger partial charge on any atom is -0.378 e. The van der Waals surface area contributed by atoms with E-state index in [2.05, 4.69) is 10.5 Å². The van der Waals surface area contributed by atoms with E-state index in [9.17, 15) is 4.79 Å². The van der Waals surface area contributed by atoms with Gasteiger partial charge in [-0.1, -0.05) is 5.16 Å². The van der Waals surface area contributed by atoms with E-state index in [1.165, 1.54) is 0 Å². The number of nitrogens with one attached hydrogen (secondary N) is 1. The van der Waals surface area contributed by atoms with Gasteiger partial charge in [0, 0.05) is 13.1 Å². The topological polar surface area (TPSA) is 67.6 Å². The van der Waals surface area contributed by atoms with Crippen LogP contribution in [0.1, 0.15) is 11.5 Å². The number of anilines is 1. The Morgan fingerprint density at radius 2 is 2.06 bits per heavy atom. The molecule has 0 atom stereocenters. The lowest BCUT2D eigenvalue weighted by molar-refractivity contribution is 0.0564. The van der Waals surface area contributed by atoms with E-state index in [1.807, 2.05) is 0 Å². The Balaban J connectivity index is 2.01. The number of carbonyl (C=O) groups excluding carboxylic acids is 1. The zero-order valence-corrected chi connectivity index (χ0v) is 9.45. The van der Waals surface area contributed by atoms with Crippen LogP contribution in [0.5, 0.6) is 0 Å². The van der Waals surface area contributed by atoms with Gasteiger partial charge < -0.3 is 19.5 Å². The van der Waals surface area contributed by atoms with Gasteiger partial charge in [0.15, 0.2) is 5.76 Å². The number of nitrogens with zero attached hydrogens (tertiary/aromatic N) is 2. The minimum absolute atomic E-state index is 0.127. The van der Waals surface area contributed by atoms with Crippen LogP contribution in [0, 0.1) is 13.8 Å². The highest BCUT2D eigenvalue weighted by atomic mass is 16.5. The highest BCUT2D eigenvalue weighted by Gasteiger charge is 2.19. The third-order valence-corrected chi connectivity index (χ3v) is 2.56. The van der Waals surface area contributed by atoms with E-state index < -0.39 is 0 Å². The first kappa shape index (κ1) is 10.9. The molecule has 1 aliphatic rings. The number of hydrogen-bond acceptors (Lipinski definition) is 4. The molecule has 16 heavy (non-hydrogen) atoms. The zero-order chi connectivity index (χ0) is 11.5. The largest absolute Gasteiger partial charge is 0.378 e. The summed E-state index contributed by atoms with van der Waals surface area (Å²) in [7, 11) is 0. The molecule has 1 aromatic heterocycles. The fourth-order valence-electron chi connectivity index (χ4n) is 1.61. The van der Waals surface area contributed by atoms with Gasteiger partial charge in [-0.2, -0.15) is 0 Å². The first-order valence-electron chi connectivity index (χ1n) is 5.25. The van der Waals surface area contributed by atoms with E-state index in [1.54, 1.807) is 18.7 Å². The lowest BCUT2D eigenvalue weighted by atomic mass is 10.3. The van der Waals surface area contributed by atoms with Crippen LogP contribution in [-0.4, -0.2) is 42.4 Å². The number of urea groups is 1. The van der Waals surface area contributed by atoms with Gasteiger partial charge in [0.05, 0.1) is 13.2 Å². The zero-order valence-electron chi connectivity index (χ0n) is 9.45. The van der Waals surface area contributed by atoms with Crippen molar-refractivity contribution in [2.24, 2.45) is 0 Å². The summed E-state index contributed by atoms with van der Waals surface area (Å²) in [5, 5.41) is 6.58. The molecule has 0 unspecified atom stereocenters. The maximum atomic E-state index is 11.9. The summed E-state index contributed by atoms with van der Waals surface area (Å²) in [4.78, 5) is 13.6. The van der Waals surface area contributed by atoms with E-state index in [0.717, 1.165) is 0 Å². The van der Waals surface area contributed by atoms with Crippen LogP contribution < -0.4 is 5.32 Å². The summed E-state index contributed by atoms with van der Waals surface area (Å²) >= 11 is 0. The normalized spacial score (nSPS) is 16.2. The third-order valence-electron chi connectivity index (χ3n) is 2.56. The van der Waals surface area contributed by atoms with Gasteiger partial charge in [-0.05, 0) is 13.8 Å². The van der Waals surface area contributed by atoms with Crippen molar-refractivity contribution in [2.75, 3.05) is 31.6 Å². The molecule has 6 heteroatoms. The van der Waals surface area contributed by atoms with Gasteiger partial charge in [0.1, 0.15) is 11.4 Å². The van der Waals surface area contributed by atoms with Crippen LogP contribution in [0.15, 0.2) is 4.52 Å². The molecule has 1 aromatic rings. The minimum atomic E-state index is -0.127. The van der Waals surface area contributed by atoms with Crippen LogP contribution in [0.3, 0.4) is 0 Å². The second-order valence-electron chi connectivity index (χ2n) is 3.73. The van der Waals surface area contributed by atoms with Crippen LogP contribution in [0.25, 0.3) is 0 Å². The van der Waals surface area contributed by atoms with E-state index in [0.29, 0.717) is 43.4 Å². The molecular weight excluding hydrogens is 210 g/mol. The molecule has 6 nitrogen and oxygen atoms in total. The molecule has 0 spiro atoms. The molecule has 0 aromatic carbocycles. The lowest BCUT2D eigenvalue weighted by Crippen LogP contribution is -2.43. The molecule has 1 saturated heterocycles. The summed E-state index contributed by atoms with van der Waals surface area (Å²) < 4.78 is 10.2. The second kappa shape index (κ2) is 4.52. The second-order valence-corrected chi connectivity index (χ2v) is 3.73. The van der Waals surface area contributed by atoms with Crippen molar-refractivity contribution >= 4 is 11.7 Å². The molecule has 1 fully saturated rings. The Morgan fingerprint density at radius 3 is 2.62 bits per heavy atom. The molecule has 2 amide bonds. The van der Waals surface area contributed by atoms with Crippen molar-refractivity contribution < 1.29 is 14.1 Å². The SMILES string of the molecule is Cc1noc(C)c1NC(=O)N1CCOCC1. The first-order chi connectivity index (χ1) is 7.68. The van der Waals surface area contributed by atoms with Crippen molar-refractivity contribution in [3.63, 3.8) is 0 Å². The lowest BCUT2D eigenvalue weighted by Gasteiger charge is -2.26. The number of amides is 2. The van der Waals surface area contributed by atoms with E-state index in [-0.39, 0.29) is 6.03 Å².